The number of nitrogens with one attached hydrogen (secondary N) is 1. The molecule has 1 aliphatic carbocycles. The molecule has 1 saturated carbocycles. The zero-order valence-corrected chi connectivity index (χ0v) is 8.95. The van der Waals surface area contributed by atoms with Gasteiger partial charge in [0.05, 0.1) is 12.0 Å². The molecule has 1 aromatic heterocycles. The monoisotopic (exact) mass is 203 g/mol. The van der Waals surface area contributed by atoms with E-state index in [1.165, 1.54) is 18.5 Å². The minimum absolute atomic E-state index is 0.718. The number of imidazole rings is 1. The van der Waals surface area contributed by atoms with Crippen molar-refractivity contribution in [2.45, 2.75) is 38.3 Å². The van der Waals surface area contributed by atoms with Crippen LogP contribution in [0, 0.1) is 12.3 Å². The Morgan fingerprint density at radius 1 is 1.60 bits per heavy atom. The third-order valence-corrected chi connectivity index (χ3v) is 2.67. The summed E-state index contributed by atoms with van der Waals surface area (Å²) in [6, 6.07) is 0.718. The third-order valence-electron chi connectivity index (χ3n) is 2.67. The van der Waals surface area contributed by atoms with Crippen molar-refractivity contribution in [3.8, 4) is 12.3 Å². The van der Waals surface area contributed by atoms with Gasteiger partial charge in [0.25, 0.3) is 0 Å². The van der Waals surface area contributed by atoms with Gasteiger partial charge >= 0.3 is 0 Å². The fourth-order valence-corrected chi connectivity index (χ4v) is 1.68. The minimum Gasteiger partial charge on any atom is -0.330 e. The summed E-state index contributed by atoms with van der Waals surface area (Å²) in [5, 5.41) is 3.39. The van der Waals surface area contributed by atoms with Crippen molar-refractivity contribution in [2.24, 2.45) is 0 Å². The molecule has 3 heteroatoms. The minimum atomic E-state index is 0.718. The SMILES string of the molecule is C#CCCCNCc1cncn1C1CC1. The lowest BCUT2D eigenvalue weighted by molar-refractivity contribution is 0.608. The summed E-state index contributed by atoms with van der Waals surface area (Å²) in [7, 11) is 0. The van der Waals surface area contributed by atoms with E-state index in [-0.39, 0.29) is 0 Å². The zero-order chi connectivity index (χ0) is 10.5. The van der Waals surface area contributed by atoms with Crippen LogP contribution in [0.1, 0.15) is 37.4 Å². The molecular weight excluding hydrogens is 186 g/mol. The molecule has 1 aromatic rings. The zero-order valence-electron chi connectivity index (χ0n) is 8.95. The molecule has 1 fully saturated rings. The van der Waals surface area contributed by atoms with Crippen molar-refractivity contribution in [1.29, 1.82) is 0 Å². The third kappa shape index (κ3) is 2.84. The first-order valence-corrected chi connectivity index (χ1v) is 5.56. The first-order valence-electron chi connectivity index (χ1n) is 5.56. The van der Waals surface area contributed by atoms with Crippen molar-refractivity contribution in [1.82, 2.24) is 14.9 Å². The van der Waals surface area contributed by atoms with E-state index in [4.69, 9.17) is 6.42 Å². The Hall–Kier alpha value is -1.27. The van der Waals surface area contributed by atoms with Crippen LogP contribution in [0.15, 0.2) is 12.5 Å². The number of rotatable bonds is 6. The normalized spacial score (nSPS) is 15.1. The molecule has 2 rings (SSSR count). The van der Waals surface area contributed by atoms with Crippen LogP contribution in [0.5, 0.6) is 0 Å². The van der Waals surface area contributed by atoms with Crippen molar-refractivity contribution in [3.63, 3.8) is 0 Å². The van der Waals surface area contributed by atoms with E-state index in [0.717, 1.165) is 32.0 Å². The fraction of sp³-hybridized carbons (Fsp3) is 0.583. The van der Waals surface area contributed by atoms with Crippen LogP contribution in [0.4, 0.5) is 0 Å². The number of nitrogens with zero attached hydrogens (tertiary/aromatic N) is 2. The predicted molar refractivity (Wildman–Crippen MR) is 60.3 cm³/mol. The molecule has 0 saturated heterocycles. The molecule has 0 spiro atoms. The highest BCUT2D eigenvalue weighted by molar-refractivity contribution is 5.03. The molecule has 80 valence electrons. The molecule has 0 aliphatic heterocycles. The van der Waals surface area contributed by atoms with Crippen LogP contribution in [-0.4, -0.2) is 16.1 Å². The van der Waals surface area contributed by atoms with Gasteiger partial charge in [-0.15, -0.1) is 12.3 Å². The van der Waals surface area contributed by atoms with Crippen LogP contribution in [0.2, 0.25) is 0 Å². The second-order valence-electron chi connectivity index (χ2n) is 4.01. The molecule has 3 nitrogen and oxygen atoms in total. The Labute approximate surface area is 90.9 Å². The van der Waals surface area contributed by atoms with Gasteiger partial charge < -0.3 is 9.88 Å². The summed E-state index contributed by atoms with van der Waals surface area (Å²) in [5.74, 6) is 2.64. The summed E-state index contributed by atoms with van der Waals surface area (Å²) >= 11 is 0. The predicted octanol–water partition coefficient (Wildman–Crippen LogP) is 1.72. The lowest BCUT2D eigenvalue weighted by Gasteiger charge is -2.07. The summed E-state index contributed by atoms with van der Waals surface area (Å²) in [5.41, 5.74) is 1.29. The van der Waals surface area contributed by atoms with Crippen LogP contribution in [0.25, 0.3) is 0 Å². The van der Waals surface area contributed by atoms with E-state index in [0.29, 0.717) is 0 Å². The Bertz CT molecular complexity index is 344. The smallest absolute Gasteiger partial charge is 0.0951 e. The summed E-state index contributed by atoms with van der Waals surface area (Å²) in [6.07, 6.45) is 13.6. The highest BCUT2D eigenvalue weighted by Crippen LogP contribution is 2.35. The van der Waals surface area contributed by atoms with E-state index in [1.807, 2.05) is 12.5 Å². The average molecular weight is 203 g/mol. The van der Waals surface area contributed by atoms with Crippen LogP contribution < -0.4 is 5.32 Å². The quantitative estimate of drug-likeness (QED) is 0.563. The molecule has 0 bridgehead atoms. The largest absolute Gasteiger partial charge is 0.330 e. The number of unbranched alkanes of at least 4 members (excludes halogenated alkanes) is 1. The molecule has 0 aromatic carbocycles. The lowest BCUT2D eigenvalue weighted by Crippen LogP contribution is -2.16. The topological polar surface area (TPSA) is 29.9 Å². The maximum Gasteiger partial charge on any atom is 0.0951 e. The van der Waals surface area contributed by atoms with E-state index in [9.17, 15) is 0 Å². The van der Waals surface area contributed by atoms with Gasteiger partial charge in [-0.25, -0.2) is 4.98 Å². The standard InChI is InChI=1S/C12H17N3/c1-2-3-4-7-13-8-12-9-14-10-15(12)11-5-6-11/h1,9-11,13H,3-8H2. The Balaban J connectivity index is 1.73. The average Bonchev–Trinajstić information content (AvgIpc) is 2.99. The fourth-order valence-electron chi connectivity index (χ4n) is 1.68. The molecule has 1 heterocycles. The Kier molecular flexibility index (Phi) is 3.41. The van der Waals surface area contributed by atoms with Crippen molar-refractivity contribution in [3.05, 3.63) is 18.2 Å². The number of aromatic nitrogens is 2. The van der Waals surface area contributed by atoms with Gasteiger partial charge in [0.2, 0.25) is 0 Å². The maximum atomic E-state index is 5.19. The summed E-state index contributed by atoms with van der Waals surface area (Å²) < 4.78 is 2.29. The van der Waals surface area contributed by atoms with Crippen molar-refractivity contribution < 1.29 is 0 Å². The molecule has 0 atom stereocenters. The maximum absolute atomic E-state index is 5.19. The first kappa shape index (κ1) is 10.3. The van der Waals surface area contributed by atoms with E-state index >= 15 is 0 Å². The van der Waals surface area contributed by atoms with Gasteiger partial charge in [0.1, 0.15) is 0 Å². The lowest BCUT2D eigenvalue weighted by atomic mass is 10.3. The van der Waals surface area contributed by atoms with Crippen LogP contribution >= 0.6 is 0 Å². The van der Waals surface area contributed by atoms with E-state index < -0.39 is 0 Å². The first-order chi connectivity index (χ1) is 7.42. The Morgan fingerprint density at radius 3 is 3.20 bits per heavy atom. The van der Waals surface area contributed by atoms with Gasteiger partial charge in [-0.1, -0.05) is 0 Å². The van der Waals surface area contributed by atoms with Gasteiger partial charge in [-0.2, -0.15) is 0 Å². The second kappa shape index (κ2) is 4.99. The highest BCUT2D eigenvalue weighted by Gasteiger charge is 2.24. The van der Waals surface area contributed by atoms with E-state index in [2.05, 4.69) is 20.8 Å². The molecule has 0 radical (unpaired) electrons. The molecular formula is C12H17N3. The molecule has 0 unspecified atom stereocenters. The molecule has 1 aliphatic rings. The number of hydrogen-bond acceptors (Lipinski definition) is 2. The highest BCUT2D eigenvalue weighted by atomic mass is 15.1. The summed E-state index contributed by atoms with van der Waals surface area (Å²) in [6.45, 7) is 1.89. The van der Waals surface area contributed by atoms with Crippen LogP contribution in [0.3, 0.4) is 0 Å². The van der Waals surface area contributed by atoms with Gasteiger partial charge in [0.15, 0.2) is 0 Å². The number of hydrogen-bond donors (Lipinski definition) is 1. The van der Waals surface area contributed by atoms with Gasteiger partial charge in [-0.3, -0.25) is 0 Å². The molecule has 15 heavy (non-hydrogen) atoms. The van der Waals surface area contributed by atoms with E-state index in [1.54, 1.807) is 0 Å². The molecule has 0 amide bonds. The van der Waals surface area contributed by atoms with Crippen molar-refractivity contribution >= 4 is 0 Å². The summed E-state index contributed by atoms with van der Waals surface area (Å²) in [4.78, 5) is 4.19. The second-order valence-corrected chi connectivity index (χ2v) is 4.01. The van der Waals surface area contributed by atoms with Crippen LogP contribution in [-0.2, 0) is 6.54 Å². The van der Waals surface area contributed by atoms with Gasteiger partial charge in [0, 0.05) is 25.2 Å². The molecule has 1 N–H and O–H groups in total. The number of terminal acetylenes is 1. The Morgan fingerprint density at radius 2 is 2.47 bits per heavy atom. The van der Waals surface area contributed by atoms with Gasteiger partial charge in [-0.05, 0) is 25.8 Å². The van der Waals surface area contributed by atoms with Crippen molar-refractivity contribution in [2.75, 3.05) is 6.54 Å².